The van der Waals surface area contributed by atoms with Crippen molar-refractivity contribution >= 4 is 6.03 Å². The molecular formula is C6H10N2O2. The highest BCUT2D eigenvalue weighted by atomic mass is 16.3. The van der Waals surface area contributed by atoms with Crippen molar-refractivity contribution in [1.82, 2.24) is 9.80 Å². The highest BCUT2D eigenvalue weighted by Gasteiger charge is 2.24. The number of carbonyl (C=O) groups is 1. The van der Waals surface area contributed by atoms with Gasteiger partial charge in [-0.1, -0.05) is 6.58 Å². The molecule has 0 spiro atoms. The molecule has 0 aromatic rings. The van der Waals surface area contributed by atoms with Crippen molar-refractivity contribution < 1.29 is 9.90 Å². The number of hydrogen-bond acceptors (Lipinski definition) is 2. The molecule has 56 valence electrons. The van der Waals surface area contributed by atoms with E-state index in [-0.39, 0.29) is 12.8 Å². The standard InChI is InChI=1S/C6H10N2O2/c1-2-7-3-4-8(5-9)6(7)10/h2,9H,1,3-5H2. The van der Waals surface area contributed by atoms with Gasteiger partial charge in [-0.2, -0.15) is 0 Å². The topological polar surface area (TPSA) is 43.8 Å². The van der Waals surface area contributed by atoms with E-state index in [0.29, 0.717) is 13.1 Å². The molecule has 4 heteroatoms. The number of urea groups is 1. The summed E-state index contributed by atoms with van der Waals surface area (Å²) < 4.78 is 0. The van der Waals surface area contributed by atoms with Crippen LogP contribution in [-0.2, 0) is 0 Å². The van der Waals surface area contributed by atoms with Crippen LogP contribution in [0.5, 0.6) is 0 Å². The fourth-order valence-corrected chi connectivity index (χ4v) is 0.902. The van der Waals surface area contributed by atoms with Gasteiger partial charge >= 0.3 is 6.03 Å². The Labute approximate surface area is 59.3 Å². The Morgan fingerprint density at radius 3 is 2.70 bits per heavy atom. The molecule has 1 aliphatic rings. The van der Waals surface area contributed by atoms with Crippen molar-refractivity contribution in [3.05, 3.63) is 12.8 Å². The van der Waals surface area contributed by atoms with E-state index < -0.39 is 0 Å². The molecule has 1 rings (SSSR count). The van der Waals surface area contributed by atoms with Crippen molar-refractivity contribution in [2.45, 2.75) is 0 Å². The van der Waals surface area contributed by atoms with Gasteiger partial charge in [-0.25, -0.2) is 4.79 Å². The molecular weight excluding hydrogens is 132 g/mol. The third kappa shape index (κ3) is 0.974. The van der Waals surface area contributed by atoms with E-state index in [1.54, 1.807) is 0 Å². The number of carbonyl (C=O) groups excluding carboxylic acids is 1. The zero-order chi connectivity index (χ0) is 7.56. The van der Waals surface area contributed by atoms with E-state index in [9.17, 15) is 4.79 Å². The molecule has 1 saturated heterocycles. The minimum Gasteiger partial charge on any atom is -0.376 e. The predicted molar refractivity (Wildman–Crippen MR) is 36.1 cm³/mol. The molecule has 10 heavy (non-hydrogen) atoms. The summed E-state index contributed by atoms with van der Waals surface area (Å²) in [6.07, 6.45) is 1.47. The normalized spacial score (nSPS) is 18.3. The van der Waals surface area contributed by atoms with Gasteiger partial charge in [0.25, 0.3) is 0 Å². The van der Waals surface area contributed by atoms with Crippen LogP contribution in [0.3, 0.4) is 0 Å². The lowest BCUT2D eigenvalue weighted by Gasteiger charge is -2.11. The number of aliphatic hydroxyl groups is 1. The quantitative estimate of drug-likeness (QED) is 0.581. The van der Waals surface area contributed by atoms with Crippen LogP contribution in [0.2, 0.25) is 0 Å². The van der Waals surface area contributed by atoms with E-state index in [0.717, 1.165) is 0 Å². The molecule has 0 saturated carbocycles. The number of nitrogens with zero attached hydrogens (tertiary/aromatic N) is 2. The molecule has 1 fully saturated rings. The molecule has 0 aliphatic carbocycles. The summed E-state index contributed by atoms with van der Waals surface area (Å²) in [6, 6.07) is -0.169. The number of aliphatic hydroxyl groups excluding tert-OH is 1. The van der Waals surface area contributed by atoms with Gasteiger partial charge in [0.2, 0.25) is 0 Å². The molecule has 1 heterocycles. The highest BCUT2D eigenvalue weighted by molar-refractivity contribution is 5.77. The Kier molecular flexibility index (Phi) is 1.91. The maximum atomic E-state index is 11.0. The lowest BCUT2D eigenvalue weighted by molar-refractivity contribution is 0.137. The van der Waals surface area contributed by atoms with Crippen LogP contribution >= 0.6 is 0 Å². The fourth-order valence-electron chi connectivity index (χ4n) is 0.902. The first-order chi connectivity index (χ1) is 4.79. The SMILES string of the molecule is C=CN1CCN(CO)C1=O. The second-order valence-electron chi connectivity index (χ2n) is 2.06. The Bertz CT molecular complexity index is 158. The summed E-state index contributed by atoms with van der Waals surface area (Å²) in [5.74, 6) is 0. The van der Waals surface area contributed by atoms with Crippen LogP contribution < -0.4 is 0 Å². The van der Waals surface area contributed by atoms with Crippen LogP contribution in [0.25, 0.3) is 0 Å². The fraction of sp³-hybridized carbons (Fsp3) is 0.500. The smallest absolute Gasteiger partial charge is 0.325 e. The van der Waals surface area contributed by atoms with Gasteiger partial charge in [0.15, 0.2) is 0 Å². The molecule has 0 radical (unpaired) electrons. The van der Waals surface area contributed by atoms with E-state index in [1.807, 2.05) is 0 Å². The molecule has 0 unspecified atom stereocenters. The Balaban J connectivity index is 2.57. The number of amides is 2. The van der Waals surface area contributed by atoms with Crippen molar-refractivity contribution in [2.75, 3.05) is 19.8 Å². The van der Waals surface area contributed by atoms with Crippen LogP contribution in [-0.4, -0.2) is 40.8 Å². The lowest BCUT2D eigenvalue weighted by Crippen LogP contribution is -2.29. The van der Waals surface area contributed by atoms with Crippen LogP contribution in [0.4, 0.5) is 4.79 Å². The van der Waals surface area contributed by atoms with E-state index in [1.165, 1.54) is 16.0 Å². The number of hydrogen-bond donors (Lipinski definition) is 1. The Morgan fingerprint density at radius 2 is 2.40 bits per heavy atom. The second-order valence-corrected chi connectivity index (χ2v) is 2.06. The van der Waals surface area contributed by atoms with Crippen molar-refractivity contribution in [2.24, 2.45) is 0 Å². The van der Waals surface area contributed by atoms with Crippen LogP contribution in [0.15, 0.2) is 12.8 Å². The summed E-state index contributed by atoms with van der Waals surface area (Å²) in [5, 5.41) is 8.59. The molecule has 1 N–H and O–H groups in total. The summed E-state index contributed by atoms with van der Waals surface area (Å²) in [7, 11) is 0. The maximum Gasteiger partial charge on any atom is 0.325 e. The van der Waals surface area contributed by atoms with Gasteiger partial charge < -0.3 is 5.11 Å². The minimum atomic E-state index is -0.205. The first-order valence-corrected chi connectivity index (χ1v) is 3.08. The highest BCUT2D eigenvalue weighted by Crippen LogP contribution is 2.06. The molecule has 0 aromatic carbocycles. The van der Waals surface area contributed by atoms with Gasteiger partial charge in [0, 0.05) is 19.3 Å². The summed E-state index contributed by atoms with van der Waals surface area (Å²) >= 11 is 0. The largest absolute Gasteiger partial charge is 0.376 e. The summed E-state index contributed by atoms with van der Waals surface area (Å²) in [5.41, 5.74) is 0. The summed E-state index contributed by atoms with van der Waals surface area (Å²) in [6.45, 7) is 4.47. The molecule has 0 atom stereocenters. The van der Waals surface area contributed by atoms with Crippen molar-refractivity contribution in [3.63, 3.8) is 0 Å². The van der Waals surface area contributed by atoms with E-state index in [2.05, 4.69) is 6.58 Å². The van der Waals surface area contributed by atoms with Gasteiger partial charge in [-0.05, 0) is 0 Å². The molecule has 0 bridgehead atoms. The van der Waals surface area contributed by atoms with Gasteiger partial charge in [0.05, 0.1) is 0 Å². The lowest BCUT2D eigenvalue weighted by atomic mass is 10.6. The van der Waals surface area contributed by atoms with E-state index >= 15 is 0 Å². The average molecular weight is 142 g/mol. The average Bonchev–Trinajstić information content (AvgIpc) is 2.30. The third-order valence-corrected chi connectivity index (χ3v) is 1.52. The Hall–Kier alpha value is -1.03. The summed E-state index contributed by atoms with van der Waals surface area (Å²) in [4.78, 5) is 13.8. The second kappa shape index (κ2) is 2.70. The zero-order valence-corrected chi connectivity index (χ0v) is 5.66. The van der Waals surface area contributed by atoms with Crippen molar-refractivity contribution in [1.29, 1.82) is 0 Å². The molecule has 2 amide bonds. The molecule has 1 aliphatic heterocycles. The van der Waals surface area contributed by atoms with Crippen molar-refractivity contribution in [3.8, 4) is 0 Å². The Morgan fingerprint density at radius 1 is 1.70 bits per heavy atom. The van der Waals surface area contributed by atoms with Crippen LogP contribution in [0, 0.1) is 0 Å². The minimum absolute atomic E-state index is 0.169. The number of rotatable bonds is 2. The van der Waals surface area contributed by atoms with Crippen LogP contribution in [0.1, 0.15) is 0 Å². The maximum absolute atomic E-state index is 11.0. The first-order valence-electron chi connectivity index (χ1n) is 3.08. The van der Waals surface area contributed by atoms with E-state index in [4.69, 9.17) is 5.11 Å². The third-order valence-electron chi connectivity index (χ3n) is 1.52. The van der Waals surface area contributed by atoms with Gasteiger partial charge in [-0.15, -0.1) is 0 Å². The zero-order valence-electron chi connectivity index (χ0n) is 5.66. The predicted octanol–water partition coefficient (Wildman–Crippen LogP) is -0.183. The van der Waals surface area contributed by atoms with Gasteiger partial charge in [-0.3, -0.25) is 9.80 Å². The first kappa shape index (κ1) is 7.08. The monoisotopic (exact) mass is 142 g/mol. The molecule has 0 aromatic heterocycles. The van der Waals surface area contributed by atoms with Gasteiger partial charge in [0.1, 0.15) is 6.73 Å². The molecule has 4 nitrogen and oxygen atoms in total.